The van der Waals surface area contributed by atoms with E-state index in [1.54, 1.807) is 7.05 Å². The van der Waals surface area contributed by atoms with Crippen LogP contribution < -0.4 is 10.6 Å². The molecule has 0 aromatic heterocycles. The lowest BCUT2D eigenvalue weighted by molar-refractivity contribution is 0.601. The summed E-state index contributed by atoms with van der Waals surface area (Å²) in [7, 11) is -1.23. The van der Waals surface area contributed by atoms with E-state index in [1.165, 1.54) is 24.7 Å². The topological polar surface area (TPSA) is 70.6 Å². The molecule has 144 valence electrons. The molecule has 1 fully saturated rings. The van der Waals surface area contributed by atoms with Gasteiger partial charge < -0.3 is 10.6 Å². The maximum Gasteiger partial charge on any atom is 0.191 e. The van der Waals surface area contributed by atoms with Crippen LogP contribution in [0.2, 0.25) is 0 Å². The maximum atomic E-state index is 11.4. The Kier molecular flexibility index (Phi) is 5.85. The molecule has 2 aromatic carbocycles. The van der Waals surface area contributed by atoms with Gasteiger partial charge in [0.25, 0.3) is 0 Å². The number of hydrogen-bond donors (Lipinski definition) is 2. The first-order valence-electron chi connectivity index (χ1n) is 9.16. The highest BCUT2D eigenvalue weighted by Gasteiger charge is 2.43. The Morgan fingerprint density at radius 3 is 2.19 bits per heavy atom. The van der Waals surface area contributed by atoms with Gasteiger partial charge in [-0.15, -0.1) is 0 Å². The quantitative estimate of drug-likeness (QED) is 0.568. The zero-order chi connectivity index (χ0) is 19.3. The largest absolute Gasteiger partial charge is 0.356 e. The van der Waals surface area contributed by atoms with Crippen molar-refractivity contribution in [2.24, 2.45) is 4.99 Å². The van der Waals surface area contributed by atoms with Gasteiger partial charge in [0, 0.05) is 31.8 Å². The zero-order valence-corrected chi connectivity index (χ0v) is 16.7. The number of rotatable bonds is 7. The van der Waals surface area contributed by atoms with Gasteiger partial charge in [-0.2, -0.15) is 0 Å². The number of guanidine groups is 1. The van der Waals surface area contributed by atoms with E-state index in [9.17, 15) is 8.42 Å². The van der Waals surface area contributed by atoms with Crippen molar-refractivity contribution in [1.82, 2.24) is 10.6 Å². The summed E-state index contributed by atoms with van der Waals surface area (Å²) in [5.74, 6) is 0.850. The zero-order valence-electron chi connectivity index (χ0n) is 15.9. The van der Waals surface area contributed by atoms with Crippen molar-refractivity contribution in [3.8, 4) is 0 Å². The molecule has 27 heavy (non-hydrogen) atoms. The van der Waals surface area contributed by atoms with E-state index in [1.807, 2.05) is 24.3 Å². The molecule has 2 N–H and O–H groups in total. The molecule has 3 rings (SSSR count). The lowest BCUT2D eigenvalue weighted by Gasteiger charge is -2.19. The summed E-state index contributed by atoms with van der Waals surface area (Å²) >= 11 is 0. The molecule has 0 atom stereocenters. The third kappa shape index (κ3) is 5.57. The molecule has 0 bridgehead atoms. The molecule has 0 unspecified atom stereocenters. The fourth-order valence-corrected chi connectivity index (χ4v) is 4.02. The van der Waals surface area contributed by atoms with Gasteiger partial charge >= 0.3 is 0 Å². The van der Waals surface area contributed by atoms with Gasteiger partial charge in [0.2, 0.25) is 0 Å². The van der Waals surface area contributed by atoms with Crippen LogP contribution in [0.5, 0.6) is 0 Å². The Morgan fingerprint density at radius 2 is 1.63 bits per heavy atom. The smallest absolute Gasteiger partial charge is 0.191 e. The predicted molar refractivity (Wildman–Crippen MR) is 111 cm³/mol. The van der Waals surface area contributed by atoms with Crippen molar-refractivity contribution >= 4 is 15.8 Å². The summed E-state index contributed by atoms with van der Waals surface area (Å²) in [6.45, 7) is 1.50. The highest BCUT2D eigenvalue weighted by atomic mass is 32.2. The van der Waals surface area contributed by atoms with Crippen molar-refractivity contribution in [3.05, 3.63) is 71.3 Å². The van der Waals surface area contributed by atoms with Crippen LogP contribution in [0, 0.1) is 0 Å². The van der Waals surface area contributed by atoms with Crippen LogP contribution in [0.1, 0.15) is 29.5 Å². The normalized spacial score (nSPS) is 16.0. The molecule has 0 saturated heterocycles. The van der Waals surface area contributed by atoms with Gasteiger partial charge in [-0.1, -0.05) is 54.6 Å². The van der Waals surface area contributed by atoms with Gasteiger partial charge in [0.1, 0.15) is 0 Å². The highest BCUT2D eigenvalue weighted by molar-refractivity contribution is 7.89. The maximum absolute atomic E-state index is 11.4. The van der Waals surface area contributed by atoms with Crippen LogP contribution in [0.3, 0.4) is 0 Å². The van der Waals surface area contributed by atoms with E-state index in [-0.39, 0.29) is 11.2 Å². The Hall–Kier alpha value is -2.34. The summed E-state index contributed by atoms with van der Waals surface area (Å²) < 4.78 is 22.7. The lowest BCUT2D eigenvalue weighted by atomic mass is 9.96. The molecule has 1 saturated carbocycles. The first-order chi connectivity index (χ1) is 12.9. The average molecular weight is 386 g/mol. The highest BCUT2D eigenvalue weighted by Crippen LogP contribution is 2.47. The number of hydrogen-bond acceptors (Lipinski definition) is 3. The van der Waals surface area contributed by atoms with Crippen molar-refractivity contribution in [2.45, 2.75) is 30.6 Å². The molecule has 6 heteroatoms. The minimum atomic E-state index is -3.00. The number of benzene rings is 2. The molecule has 0 spiro atoms. The molecule has 0 radical (unpaired) electrons. The van der Waals surface area contributed by atoms with Gasteiger partial charge in [0.05, 0.1) is 5.75 Å². The monoisotopic (exact) mass is 385 g/mol. The van der Waals surface area contributed by atoms with E-state index in [0.29, 0.717) is 6.54 Å². The van der Waals surface area contributed by atoms with Gasteiger partial charge in [-0.3, -0.25) is 4.99 Å². The van der Waals surface area contributed by atoms with Crippen molar-refractivity contribution in [3.63, 3.8) is 0 Å². The van der Waals surface area contributed by atoms with E-state index in [2.05, 4.69) is 46.0 Å². The molecular weight excluding hydrogens is 358 g/mol. The second kappa shape index (κ2) is 8.13. The number of sulfone groups is 1. The Labute approximate surface area is 161 Å². The van der Waals surface area contributed by atoms with E-state index in [4.69, 9.17) is 0 Å². The molecular formula is C21H27N3O2S. The number of nitrogens with zero attached hydrogens (tertiary/aromatic N) is 1. The third-order valence-corrected chi connectivity index (χ3v) is 5.83. The molecule has 0 heterocycles. The standard InChI is InChI=1S/C21H27N3O2S/c1-22-20(24-16-21(12-13-21)19-6-4-3-5-7-19)23-14-17-8-10-18(11-9-17)15-27(2,25)26/h3-11H,12-16H2,1-2H3,(H2,22,23,24). The molecule has 1 aliphatic carbocycles. The minimum Gasteiger partial charge on any atom is -0.356 e. The van der Waals surface area contributed by atoms with Gasteiger partial charge in [-0.25, -0.2) is 8.42 Å². The SMILES string of the molecule is CN=C(NCc1ccc(CS(C)(=O)=O)cc1)NCC1(c2ccccc2)CC1. The molecule has 5 nitrogen and oxygen atoms in total. The van der Waals surface area contributed by atoms with Crippen LogP contribution in [-0.4, -0.2) is 34.2 Å². The Bertz CT molecular complexity index is 887. The van der Waals surface area contributed by atoms with Crippen LogP contribution in [0.4, 0.5) is 0 Å². The fourth-order valence-electron chi connectivity index (χ4n) is 3.23. The number of aliphatic imine (C=N–C) groups is 1. The molecule has 0 aliphatic heterocycles. The first kappa shape index (κ1) is 19.4. The Balaban J connectivity index is 1.51. The van der Waals surface area contributed by atoms with E-state index >= 15 is 0 Å². The van der Waals surface area contributed by atoms with Crippen LogP contribution in [0.25, 0.3) is 0 Å². The summed E-state index contributed by atoms with van der Waals surface area (Å²) in [5, 5.41) is 6.77. The molecule has 2 aromatic rings. The van der Waals surface area contributed by atoms with Gasteiger partial charge in [-0.05, 0) is 29.5 Å². The van der Waals surface area contributed by atoms with Crippen molar-refractivity contribution in [2.75, 3.05) is 19.8 Å². The van der Waals surface area contributed by atoms with E-state index in [0.717, 1.165) is 23.6 Å². The van der Waals surface area contributed by atoms with Crippen LogP contribution in [-0.2, 0) is 27.5 Å². The van der Waals surface area contributed by atoms with Crippen LogP contribution in [0.15, 0.2) is 59.6 Å². The number of nitrogens with one attached hydrogen (secondary N) is 2. The molecule has 0 amide bonds. The van der Waals surface area contributed by atoms with E-state index < -0.39 is 9.84 Å². The summed E-state index contributed by atoms with van der Waals surface area (Å²) in [6, 6.07) is 18.3. The Morgan fingerprint density at radius 1 is 1.00 bits per heavy atom. The predicted octanol–water partition coefficient (Wildman–Crippen LogP) is 2.63. The summed E-state index contributed by atoms with van der Waals surface area (Å²) in [4.78, 5) is 4.31. The summed E-state index contributed by atoms with van der Waals surface area (Å²) in [6.07, 6.45) is 3.64. The third-order valence-electron chi connectivity index (χ3n) is 4.97. The average Bonchev–Trinajstić information content (AvgIpc) is 3.44. The minimum absolute atomic E-state index is 0.0749. The van der Waals surface area contributed by atoms with Crippen molar-refractivity contribution in [1.29, 1.82) is 0 Å². The van der Waals surface area contributed by atoms with Crippen LogP contribution >= 0.6 is 0 Å². The second-order valence-corrected chi connectivity index (χ2v) is 9.45. The van der Waals surface area contributed by atoms with Gasteiger partial charge in [0.15, 0.2) is 15.8 Å². The summed E-state index contributed by atoms with van der Waals surface area (Å²) in [5.41, 5.74) is 3.50. The lowest BCUT2D eigenvalue weighted by Crippen LogP contribution is -2.40. The fraction of sp³-hybridized carbons (Fsp3) is 0.381. The molecule has 1 aliphatic rings. The first-order valence-corrected chi connectivity index (χ1v) is 11.2. The van der Waals surface area contributed by atoms with Crippen molar-refractivity contribution < 1.29 is 8.42 Å². The second-order valence-electron chi connectivity index (χ2n) is 7.31.